The summed E-state index contributed by atoms with van der Waals surface area (Å²) >= 11 is 0. The van der Waals surface area contributed by atoms with Crippen LogP contribution in [0.4, 0.5) is 0 Å². The van der Waals surface area contributed by atoms with Crippen LogP contribution in [0.1, 0.15) is 47.6 Å². The molecule has 90 valence electrons. The lowest BCUT2D eigenvalue weighted by Gasteiger charge is -2.18. The second kappa shape index (κ2) is 4.22. The highest BCUT2D eigenvalue weighted by Gasteiger charge is 2.29. The zero-order valence-electron chi connectivity index (χ0n) is 12.3. The lowest BCUT2D eigenvalue weighted by Crippen LogP contribution is -2.21. The molecule has 0 unspecified atom stereocenters. The number of carbonyl (C=O) groups is 2. The van der Waals surface area contributed by atoms with E-state index in [1.165, 1.54) is 7.40 Å². The first-order valence-corrected chi connectivity index (χ1v) is 5.40. The second-order valence-corrected chi connectivity index (χ2v) is 4.11. The van der Waals surface area contributed by atoms with Gasteiger partial charge in [-0.3, -0.25) is 9.59 Å². The van der Waals surface area contributed by atoms with Crippen molar-refractivity contribution >= 4 is 11.6 Å². The van der Waals surface area contributed by atoms with Gasteiger partial charge >= 0.3 is 0 Å². The summed E-state index contributed by atoms with van der Waals surface area (Å²) in [6, 6.07) is 10.2. The third-order valence-corrected chi connectivity index (χ3v) is 3.08. The van der Waals surface area contributed by atoms with Crippen molar-refractivity contribution in [1.29, 1.82) is 0 Å². The van der Waals surface area contributed by atoms with Gasteiger partial charge < -0.3 is 0 Å². The van der Waals surface area contributed by atoms with Crippen LogP contribution in [-0.2, 0) is 0 Å². The predicted octanol–water partition coefficient (Wildman–Crippen LogP) is 3.41. The molecule has 0 amide bonds. The van der Waals surface area contributed by atoms with Crippen LogP contribution >= 0.6 is 0 Å². The summed E-state index contributed by atoms with van der Waals surface area (Å²) in [6.45, 7) is 1.79. The van der Waals surface area contributed by atoms with E-state index in [1.54, 1.807) is 43.3 Å². The molecule has 2 aromatic rings. The highest BCUT2D eigenvalue weighted by Crippen LogP contribution is 2.28. The molecule has 2 nitrogen and oxygen atoms in total. The normalized spacial score (nSPS) is 13.7. The van der Waals surface area contributed by atoms with Crippen LogP contribution in [-0.4, -0.2) is 11.6 Å². The lowest BCUT2D eigenvalue weighted by molar-refractivity contribution is 0.0978. The summed E-state index contributed by atoms with van der Waals surface area (Å²) in [7, 11) is 1.25. The van der Waals surface area contributed by atoms with E-state index >= 15 is 0 Å². The first-order chi connectivity index (χ1) is 9.61. The minimum Gasteiger partial charge on any atom is -0.289 e. The van der Waals surface area contributed by atoms with Crippen LogP contribution in [0.3, 0.4) is 0 Å². The van der Waals surface area contributed by atoms with Crippen LogP contribution < -0.4 is 0 Å². The molecule has 3 rings (SSSR count). The zero-order chi connectivity index (χ0) is 14.9. The van der Waals surface area contributed by atoms with Gasteiger partial charge in [0.2, 0.25) is 0 Å². The highest BCUT2D eigenvalue weighted by molar-refractivity contribution is 6.28. The molecule has 0 spiro atoms. The summed E-state index contributed by atoms with van der Waals surface area (Å²) in [6.07, 6.45) is 0. The van der Waals surface area contributed by atoms with E-state index in [0.717, 1.165) is 5.56 Å². The van der Waals surface area contributed by atoms with E-state index < -0.39 is 0 Å². The molecule has 0 saturated heterocycles. The van der Waals surface area contributed by atoms with Crippen molar-refractivity contribution in [3.63, 3.8) is 0 Å². The van der Waals surface area contributed by atoms with Gasteiger partial charge in [-0.1, -0.05) is 49.8 Å². The number of carbonyl (C=O) groups excluding carboxylic acids is 2. The number of benzene rings is 2. The maximum Gasteiger partial charge on any atom is 0.194 e. The smallest absolute Gasteiger partial charge is 0.194 e. The largest absolute Gasteiger partial charge is 0.289 e. The fourth-order valence-electron chi connectivity index (χ4n) is 2.22. The van der Waals surface area contributed by atoms with Crippen molar-refractivity contribution < 1.29 is 12.3 Å². The Bertz CT molecular complexity index is 646. The molecule has 0 atom stereocenters. The van der Waals surface area contributed by atoms with Gasteiger partial charge in [0.1, 0.15) is 0 Å². The van der Waals surface area contributed by atoms with Gasteiger partial charge in [-0.15, -0.1) is 0 Å². The maximum absolute atomic E-state index is 12.4. The SMILES string of the molecule is [2H]C.[2H]c1ccc(C)c2c1C(=O)c1ccccc1C2=O. The number of rotatable bonds is 0. The molecule has 0 aliphatic heterocycles. The molecule has 2 heteroatoms. The molecule has 0 fully saturated rings. The quantitative estimate of drug-likeness (QED) is 0.603. The molecular weight excluding hydrogens is 224 g/mol. The van der Waals surface area contributed by atoms with E-state index in [-0.39, 0.29) is 23.2 Å². The summed E-state index contributed by atoms with van der Waals surface area (Å²) in [5.41, 5.74) is 2.19. The van der Waals surface area contributed by atoms with Crippen LogP contribution in [0.2, 0.25) is 0 Å². The number of hydrogen-bond acceptors (Lipinski definition) is 2. The Labute approximate surface area is 109 Å². The topological polar surface area (TPSA) is 34.1 Å². The molecule has 0 saturated carbocycles. The van der Waals surface area contributed by atoms with Crippen LogP contribution in [0.25, 0.3) is 0 Å². The lowest BCUT2D eigenvalue weighted by atomic mass is 9.82. The van der Waals surface area contributed by atoms with Gasteiger partial charge in [0.05, 0.1) is 1.37 Å². The van der Waals surface area contributed by atoms with Gasteiger partial charge in [-0.2, -0.15) is 0 Å². The molecule has 0 heterocycles. The van der Waals surface area contributed by atoms with Crippen molar-refractivity contribution in [3.05, 3.63) is 70.3 Å². The number of aryl methyl sites for hydroxylation is 1. The van der Waals surface area contributed by atoms with Gasteiger partial charge in [0.15, 0.2) is 11.6 Å². The molecule has 18 heavy (non-hydrogen) atoms. The Morgan fingerprint density at radius 1 is 0.944 bits per heavy atom. The average molecular weight is 240 g/mol. The zero-order valence-corrected chi connectivity index (χ0v) is 10.3. The molecule has 1 aliphatic carbocycles. The molecule has 1 aliphatic rings. The maximum atomic E-state index is 12.4. The molecule has 2 aromatic carbocycles. The summed E-state index contributed by atoms with van der Waals surface area (Å²) in [5, 5.41) is 0. The van der Waals surface area contributed by atoms with Crippen molar-refractivity contribution in [1.82, 2.24) is 0 Å². The molecule has 0 aromatic heterocycles. The minimum atomic E-state index is -0.228. The molecular formula is C16H14O2. The summed E-state index contributed by atoms with van der Waals surface area (Å²) < 4.78 is 13.6. The Morgan fingerprint density at radius 2 is 1.56 bits per heavy atom. The van der Waals surface area contributed by atoms with Gasteiger partial charge in [-0.05, 0) is 12.5 Å². The average Bonchev–Trinajstić information content (AvgIpc) is 2.49. The van der Waals surface area contributed by atoms with Crippen LogP contribution in [0.15, 0.2) is 42.4 Å². The van der Waals surface area contributed by atoms with Gasteiger partial charge in [0, 0.05) is 23.6 Å². The third kappa shape index (κ3) is 1.50. The Morgan fingerprint density at radius 3 is 2.22 bits per heavy atom. The van der Waals surface area contributed by atoms with E-state index in [9.17, 15) is 9.59 Å². The second-order valence-electron chi connectivity index (χ2n) is 4.11. The number of fused-ring (bicyclic) bond motifs is 2. The highest BCUT2D eigenvalue weighted by atomic mass is 16.1. The summed E-state index contributed by atoms with van der Waals surface area (Å²) in [5.74, 6) is -0.388. The monoisotopic (exact) mass is 240 g/mol. The number of ketones is 2. The van der Waals surface area contributed by atoms with Crippen molar-refractivity contribution in [2.75, 3.05) is 0 Å². The van der Waals surface area contributed by atoms with Crippen molar-refractivity contribution in [2.45, 2.75) is 14.3 Å². The summed E-state index contributed by atoms with van der Waals surface area (Å²) in [4.78, 5) is 24.7. The first kappa shape index (κ1) is 9.77. The minimum absolute atomic E-state index is 0.114. The third-order valence-electron chi connectivity index (χ3n) is 3.08. The standard InChI is InChI=1S/C15H10O2.CH4/c1-9-5-4-8-12-13(9)15(17)11-7-3-2-6-10(11)14(12)16;/h2-8H,1H3;1H4/i8D;1D. The number of hydrogen-bond donors (Lipinski definition) is 0. The fourth-order valence-corrected chi connectivity index (χ4v) is 2.22. The molecule has 0 radical (unpaired) electrons. The van der Waals surface area contributed by atoms with Crippen LogP contribution in [0, 0.1) is 6.92 Å². The van der Waals surface area contributed by atoms with E-state index in [1.807, 2.05) is 0 Å². The predicted molar refractivity (Wildman–Crippen MR) is 71.2 cm³/mol. The van der Waals surface area contributed by atoms with E-state index in [0.29, 0.717) is 16.7 Å². The fraction of sp³-hybridized carbons (Fsp3) is 0.125. The van der Waals surface area contributed by atoms with E-state index in [2.05, 4.69) is 0 Å². The Hall–Kier alpha value is -2.22. The van der Waals surface area contributed by atoms with Crippen LogP contribution in [0.5, 0.6) is 0 Å². The first-order valence-electron chi connectivity index (χ1n) is 6.90. The van der Waals surface area contributed by atoms with Gasteiger partial charge in [0.25, 0.3) is 0 Å². The Balaban J connectivity index is 0.000000704. The van der Waals surface area contributed by atoms with Gasteiger partial charge in [-0.25, -0.2) is 0 Å². The van der Waals surface area contributed by atoms with Crippen molar-refractivity contribution in [3.8, 4) is 0 Å². The van der Waals surface area contributed by atoms with E-state index in [4.69, 9.17) is 2.74 Å². The molecule has 0 N–H and O–H groups in total. The van der Waals surface area contributed by atoms with Crippen molar-refractivity contribution in [2.24, 2.45) is 0 Å². The molecule has 0 bridgehead atoms. The Kier molecular flexibility index (Phi) is 2.29.